The third-order valence-electron chi connectivity index (χ3n) is 4.22. The molecule has 2 atom stereocenters. The van der Waals surface area contributed by atoms with Crippen LogP contribution in [0.1, 0.15) is 38.2 Å². The first-order chi connectivity index (χ1) is 10.6. The second-order valence-electron chi connectivity index (χ2n) is 5.83. The number of benzene rings is 1. The number of hydrogen-bond donors (Lipinski definition) is 3. The van der Waals surface area contributed by atoms with E-state index in [2.05, 4.69) is 17.6 Å². The summed E-state index contributed by atoms with van der Waals surface area (Å²) < 4.78 is 0. The van der Waals surface area contributed by atoms with E-state index in [4.69, 9.17) is 0 Å². The number of aryl methyl sites for hydroxylation is 1. The molecule has 2 unspecified atom stereocenters. The van der Waals surface area contributed by atoms with Gasteiger partial charge in [-0.2, -0.15) is 0 Å². The molecule has 0 spiro atoms. The first-order valence-corrected chi connectivity index (χ1v) is 7.96. The summed E-state index contributed by atoms with van der Waals surface area (Å²) >= 11 is 0. The Balaban J connectivity index is 1.79. The van der Waals surface area contributed by atoms with Crippen molar-refractivity contribution < 1.29 is 14.7 Å². The summed E-state index contributed by atoms with van der Waals surface area (Å²) in [7, 11) is 0. The number of rotatable bonds is 4. The zero-order chi connectivity index (χ0) is 15.9. The smallest absolute Gasteiger partial charge is 0.313 e. The molecule has 1 aliphatic carbocycles. The van der Waals surface area contributed by atoms with Gasteiger partial charge < -0.3 is 15.7 Å². The maximum atomic E-state index is 11.8. The van der Waals surface area contributed by atoms with Crippen LogP contribution in [-0.2, 0) is 16.0 Å². The van der Waals surface area contributed by atoms with Crippen molar-refractivity contribution in [3.05, 3.63) is 29.8 Å². The molecule has 0 heterocycles. The third kappa shape index (κ3) is 4.56. The van der Waals surface area contributed by atoms with Crippen LogP contribution < -0.4 is 10.6 Å². The van der Waals surface area contributed by atoms with Gasteiger partial charge in [0.1, 0.15) is 0 Å². The van der Waals surface area contributed by atoms with E-state index in [-0.39, 0.29) is 12.0 Å². The quantitative estimate of drug-likeness (QED) is 0.743. The molecule has 0 radical (unpaired) electrons. The predicted octanol–water partition coefficient (Wildman–Crippen LogP) is 1.85. The highest BCUT2D eigenvalue weighted by molar-refractivity contribution is 6.39. The monoisotopic (exact) mass is 304 g/mol. The molecule has 2 amide bonds. The first kappa shape index (κ1) is 16.5. The van der Waals surface area contributed by atoms with E-state index >= 15 is 0 Å². The van der Waals surface area contributed by atoms with Crippen LogP contribution in [0.2, 0.25) is 0 Å². The number of carbonyl (C=O) groups is 2. The number of hydrogen-bond acceptors (Lipinski definition) is 3. The molecule has 5 nitrogen and oxygen atoms in total. The Kier molecular flexibility index (Phi) is 5.95. The fourth-order valence-corrected chi connectivity index (χ4v) is 2.74. The Morgan fingerprint density at radius 1 is 1.14 bits per heavy atom. The van der Waals surface area contributed by atoms with Crippen molar-refractivity contribution in [2.24, 2.45) is 5.92 Å². The topological polar surface area (TPSA) is 78.4 Å². The van der Waals surface area contributed by atoms with Crippen LogP contribution in [0.25, 0.3) is 0 Å². The van der Waals surface area contributed by atoms with Gasteiger partial charge in [-0.3, -0.25) is 9.59 Å². The molecular formula is C17H24N2O3. The fraction of sp³-hybridized carbons (Fsp3) is 0.529. The number of nitrogens with one attached hydrogen (secondary N) is 2. The van der Waals surface area contributed by atoms with E-state index in [0.717, 1.165) is 32.1 Å². The lowest BCUT2D eigenvalue weighted by molar-refractivity contribution is -0.136. The molecule has 120 valence electrons. The van der Waals surface area contributed by atoms with Crippen LogP contribution in [-0.4, -0.2) is 29.6 Å². The van der Waals surface area contributed by atoms with Crippen LogP contribution >= 0.6 is 0 Å². The van der Waals surface area contributed by atoms with Crippen molar-refractivity contribution in [2.75, 3.05) is 11.9 Å². The Hall–Kier alpha value is -1.88. The van der Waals surface area contributed by atoms with Gasteiger partial charge in [-0.25, -0.2) is 0 Å². The summed E-state index contributed by atoms with van der Waals surface area (Å²) in [5, 5.41) is 15.0. The lowest BCUT2D eigenvalue weighted by Crippen LogP contribution is -2.41. The van der Waals surface area contributed by atoms with E-state index in [1.54, 1.807) is 12.1 Å². The van der Waals surface area contributed by atoms with Crippen molar-refractivity contribution in [1.29, 1.82) is 0 Å². The third-order valence-corrected chi connectivity index (χ3v) is 4.22. The van der Waals surface area contributed by atoms with Crippen molar-refractivity contribution in [2.45, 2.75) is 45.1 Å². The zero-order valence-electron chi connectivity index (χ0n) is 13.0. The molecule has 2 rings (SSSR count). The zero-order valence-corrected chi connectivity index (χ0v) is 13.0. The van der Waals surface area contributed by atoms with Gasteiger partial charge in [-0.1, -0.05) is 31.9 Å². The number of carbonyl (C=O) groups excluding carboxylic acids is 2. The van der Waals surface area contributed by atoms with Crippen LogP contribution in [0.3, 0.4) is 0 Å². The van der Waals surface area contributed by atoms with Crippen LogP contribution in [0, 0.1) is 5.92 Å². The minimum atomic E-state index is -0.672. The van der Waals surface area contributed by atoms with E-state index in [9.17, 15) is 14.7 Å². The van der Waals surface area contributed by atoms with E-state index in [0.29, 0.717) is 12.2 Å². The van der Waals surface area contributed by atoms with E-state index in [1.807, 2.05) is 12.1 Å². The highest BCUT2D eigenvalue weighted by Crippen LogP contribution is 2.23. The maximum absolute atomic E-state index is 11.8. The average Bonchev–Trinajstić information content (AvgIpc) is 2.54. The molecule has 3 N–H and O–H groups in total. The summed E-state index contributed by atoms with van der Waals surface area (Å²) in [6, 6.07) is 7.42. The van der Waals surface area contributed by atoms with Gasteiger partial charge in [-0.15, -0.1) is 0 Å². The molecular weight excluding hydrogens is 280 g/mol. The second-order valence-corrected chi connectivity index (χ2v) is 5.83. The Morgan fingerprint density at radius 2 is 1.82 bits per heavy atom. The molecule has 1 saturated carbocycles. The molecule has 1 fully saturated rings. The lowest BCUT2D eigenvalue weighted by atomic mass is 9.86. The van der Waals surface area contributed by atoms with Gasteiger partial charge in [-0.05, 0) is 37.0 Å². The van der Waals surface area contributed by atoms with Crippen LogP contribution in [0.4, 0.5) is 5.69 Å². The molecule has 22 heavy (non-hydrogen) atoms. The fourth-order valence-electron chi connectivity index (χ4n) is 2.74. The first-order valence-electron chi connectivity index (χ1n) is 7.96. The van der Waals surface area contributed by atoms with Crippen molar-refractivity contribution >= 4 is 17.5 Å². The number of anilines is 1. The normalized spacial score (nSPS) is 21.2. The van der Waals surface area contributed by atoms with Crippen molar-refractivity contribution in [3.63, 3.8) is 0 Å². The summed E-state index contributed by atoms with van der Waals surface area (Å²) in [5.74, 6) is -1.28. The van der Waals surface area contributed by atoms with Crippen molar-refractivity contribution in [1.82, 2.24) is 5.32 Å². The summed E-state index contributed by atoms with van der Waals surface area (Å²) in [5.41, 5.74) is 1.78. The average molecular weight is 304 g/mol. The molecule has 0 aliphatic heterocycles. The van der Waals surface area contributed by atoms with Gasteiger partial charge >= 0.3 is 11.8 Å². The lowest BCUT2D eigenvalue weighted by Gasteiger charge is -2.27. The molecule has 0 bridgehead atoms. The van der Waals surface area contributed by atoms with Gasteiger partial charge in [0.15, 0.2) is 0 Å². The molecule has 0 aromatic heterocycles. The molecule has 5 heteroatoms. The molecule has 1 aliphatic rings. The van der Waals surface area contributed by atoms with E-state index < -0.39 is 11.8 Å². The molecule has 1 aromatic carbocycles. The number of aliphatic hydroxyl groups is 1. The Labute approximate surface area is 131 Å². The Bertz CT molecular complexity index is 513. The highest BCUT2D eigenvalue weighted by Gasteiger charge is 2.24. The highest BCUT2D eigenvalue weighted by atomic mass is 16.3. The second kappa shape index (κ2) is 7.94. The molecule has 0 saturated heterocycles. The van der Waals surface area contributed by atoms with Crippen LogP contribution in [0.15, 0.2) is 24.3 Å². The largest absolute Gasteiger partial charge is 0.393 e. The van der Waals surface area contributed by atoms with Crippen molar-refractivity contribution in [3.8, 4) is 0 Å². The number of aliphatic hydroxyl groups excluding tert-OH is 1. The summed E-state index contributed by atoms with van der Waals surface area (Å²) in [6.45, 7) is 2.41. The van der Waals surface area contributed by atoms with Gasteiger partial charge in [0.2, 0.25) is 0 Å². The standard InChI is InChI=1S/C17H24N2O3/c1-2-12-7-9-14(10-8-12)19-17(22)16(21)18-11-13-5-3-4-6-15(13)20/h7-10,13,15,20H,2-6,11H2,1H3,(H,18,21)(H,19,22). The van der Waals surface area contributed by atoms with Gasteiger partial charge in [0, 0.05) is 18.2 Å². The SMILES string of the molecule is CCc1ccc(NC(=O)C(=O)NCC2CCCCC2O)cc1. The predicted molar refractivity (Wildman–Crippen MR) is 85.4 cm³/mol. The summed E-state index contributed by atoms with van der Waals surface area (Å²) in [4.78, 5) is 23.7. The van der Waals surface area contributed by atoms with Gasteiger partial charge in [0.25, 0.3) is 0 Å². The van der Waals surface area contributed by atoms with Crippen LogP contribution in [0.5, 0.6) is 0 Å². The minimum absolute atomic E-state index is 0.0503. The minimum Gasteiger partial charge on any atom is -0.393 e. The summed E-state index contributed by atoms with van der Waals surface area (Å²) in [6.07, 6.45) is 4.31. The Morgan fingerprint density at radius 3 is 2.45 bits per heavy atom. The van der Waals surface area contributed by atoms with Gasteiger partial charge in [0.05, 0.1) is 6.10 Å². The molecule has 1 aromatic rings. The number of amides is 2. The van der Waals surface area contributed by atoms with E-state index in [1.165, 1.54) is 5.56 Å². The maximum Gasteiger partial charge on any atom is 0.313 e.